The Bertz CT molecular complexity index is 3240. The number of benzene rings is 1. The molecule has 1 aromatic carbocycles. The van der Waals surface area contributed by atoms with E-state index in [2.05, 4.69) is 41.5 Å². The van der Waals surface area contributed by atoms with Crippen LogP contribution in [-0.4, -0.2) is 164 Å². The summed E-state index contributed by atoms with van der Waals surface area (Å²) in [7, 11) is 3.89. The predicted molar refractivity (Wildman–Crippen MR) is 306 cm³/mol. The Balaban J connectivity index is 0.816. The maximum atomic E-state index is 14.1. The van der Waals surface area contributed by atoms with Crippen molar-refractivity contribution in [3.8, 4) is 34.1 Å². The number of carbonyl (C=O) groups is 6. The lowest BCUT2D eigenvalue weighted by Gasteiger charge is -2.31. The molecule has 0 spiro atoms. The largest absolute Gasteiger partial charge is 0.458 e. The van der Waals surface area contributed by atoms with E-state index in [4.69, 9.17) is 23.9 Å². The summed E-state index contributed by atoms with van der Waals surface area (Å²) in [5.41, 5.74) is 2.55. The molecule has 0 unspecified atom stereocenters. The number of nitrogens with zero attached hydrogens (tertiary/aromatic N) is 9. The molecule has 0 bridgehead atoms. The average Bonchev–Trinajstić information content (AvgIpc) is 3.86. The van der Waals surface area contributed by atoms with Crippen molar-refractivity contribution in [2.75, 3.05) is 66.7 Å². The second-order valence-corrected chi connectivity index (χ2v) is 22.2. The fraction of sp³-hybridized carbons (Fsp3) is 0.544. The number of carbonyl (C=O) groups excluding carboxylic acids is 6. The maximum absolute atomic E-state index is 14.1. The van der Waals surface area contributed by atoms with Crippen LogP contribution in [0.15, 0.2) is 46.7 Å². The van der Waals surface area contributed by atoms with Crippen LogP contribution in [-0.2, 0) is 70.0 Å². The van der Waals surface area contributed by atoms with Gasteiger partial charge in [-0.1, -0.05) is 51.1 Å². The highest BCUT2D eigenvalue weighted by molar-refractivity contribution is 7.98. The topological polar surface area (TPSA) is 306 Å². The van der Waals surface area contributed by atoms with E-state index in [1.807, 2.05) is 58.3 Å². The molecule has 5 aromatic rings. The van der Waals surface area contributed by atoms with Gasteiger partial charge in [0.15, 0.2) is 22.3 Å². The Morgan fingerprint density at radius 1 is 0.892 bits per heavy atom. The number of cyclic esters (lactones) is 1. The number of amides is 5. The number of aromatic nitrogens is 7. The van der Waals surface area contributed by atoms with Crippen molar-refractivity contribution in [1.29, 1.82) is 0 Å². The minimum absolute atomic E-state index is 0.000306. The smallest absolute Gasteiger partial charge is 0.343 e. The van der Waals surface area contributed by atoms with Crippen LogP contribution in [0.1, 0.15) is 108 Å². The van der Waals surface area contributed by atoms with Crippen LogP contribution in [0.3, 0.4) is 0 Å². The van der Waals surface area contributed by atoms with Gasteiger partial charge in [-0.3, -0.25) is 33.4 Å². The van der Waals surface area contributed by atoms with E-state index < -0.39 is 53.5 Å². The minimum Gasteiger partial charge on any atom is -0.458 e. The molecule has 25 nitrogen and oxygen atoms in total. The Morgan fingerprint density at radius 3 is 2.39 bits per heavy atom. The summed E-state index contributed by atoms with van der Waals surface area (Å²) in [6, 6.07) is 3.38. The number of thioether (sulfide) groups is 1. The fourth-order valence-electron chi connectivity index (χ4n) is 10.3. The minimum atomic E-state index is -1.99. The van der Waals surface area contributed by atoms with Crippen LogP contribution in [0.4, 0.5) is 0 Å². The molecule has 26 heteroatoms. The molecule has 3 atom stereocenters. The summed E-state index contributed by atoms with van der Waals surface area (Å²) in [5.74, 6) is -2.35. The first-order valence-corrected chi connectivity index (χ1v) is 29.5. The van der Waals surface area contributed by atoms with E-state index >= 15 is 0 Å². The van der Waals surface area contributed by atoms with Gasteiger partial charge in [0.25, 0.3) is 5.56 Å². The van der Waals surface area contributed by atoms with Gasteiger partial charge in [-0.05, 0) is 102 Å². The first kappa shape index (κ1) is 61.5. The molecular weight excluding hydrogens is 1090 g/mol. The van der Waals surface area contributed by atoms with Crippen molar-refractivity contribution in [2.45, 2.75) is 134 Å². The zero-order valence-electron chi connectivity index (χ0n) is 48.2. The van der Waals surface area contributed by atoms with Gasteiger partial charge in [-0.2, -0.15) is 0 Å². The van der Waals surface area contributed by atoms with Crippen molar-refractivity contribution in [3.05, 3.63) is 69.4 Å². The van der Waals surface area contributed by atoms with Crippen LogP contribution in [0.25, 0.3) is 33.5 Å². The number of pyridine rings is 2. The second kappa shape index (κ2) is 28.1. The molecule has 0 fully saturated rings. The lowest BCUT2D eigenvalue weighted by atomic mass is 9.86. The van der Waals surface area contributed by atoms with E-state index in [-0.39, 0.29) is 81.5 Å². The lowest BCUT2D eigenvalue weighted by Crippen LogP contribution is -2.56. The summed E-state index contributed by atoms with van der Waals surface area (Å²) in [6.45, 7) is 8.05. The van der Waals surface area contributed by atoms with Gasteiger partial charge in [0, 0.05) is 66.6 Å². The zero-order valence-corrected chi connectivity index (χ0v) is 49.0. The molecule has 83 heavy (non-hydrogen) atoms. The zero-order chi connectivity index (χ0) is 59.4. The summed E-state index contributed by atoms with van der Waals surface area (Å²) in [4.78, 5) is 112. The molecule has 3 aliphatic rings. The number of nitrogens with one attached hydrogen (secondary N) is 4. The average molecular weight is 1170 g/mol. The standard InChI is InChI=1S/C57H75N13O12S/c1-8-18-68(21-17-36-37-22-45-46(82-33-81-45)24-42(37)62-51-38(36)28-70-44(51)23-40-39(54(70)76)30-80-55(77)57(40,78)9-2)49(73)31-79-32-61-48(72)27-58-52(74)41(15-12-14-19-67(5)6)63-53(75)50(34(3)4)64-47(71)16-11-10-13-20-69-29-43(65-66-69)35-25-59-56(83-7)60-26-35/h22-26,29,34,41,50,78H,8-21,27-28,30-33H2,1-7H3,(H,58,74)(H,61,72)(H,63,75)(H,64,71)/t41-,50-,57-/m0/s1. The molecule has 0 aliphatic carbocycles. The van der Waals surface area contributed by atoms with Gasteiger partial charge < -0.3 is 59.7 Å². The normalized spacial score (nSPS) is 15.6. The monoisotopic (exact) mass is 1170 g/mol. The highest BCUT2D eigenvalue weighted by atomic mass is 32.2. The van der Waals surface area contributed by atoms with E-state index in [0.29, 0.717) is 84.4 Å². The van der Waals surface area contributed by atoms with Crippen molar-refractivity contribution in [3.63, 3.8) is 0 Å². The molecular formula is C57H75N13O12S. The molecule has 3 aliphatic heterocycles. The van der Waals surface area contributed by atoms with E-state index in [9.17, 15) is 38.7 Å². The Labute approximate surface area is 485 Å². The summed E-state index contributed by atoms with van der Waals surface area (Å²) < 4.78 is 25.7. The fourth-order valence-corrected chi connectivity index (χ4v) is 10.7. The second-order valence-electron chi connectivity index (χ2n) is 21.5. The molecule has 7 heterocycles. The van der Waals surface area contributed by atoms with Crippen LogP contribution in [0.2, 0.25) is 0 Å². The molecule has 4 aromatic heterocycles. The lowest BCUT2D eigenvalue weighted by molar-refractivity contribution is -0.172. The number of fused-ring (bicyclic) bond motifs is 6. The number of ether oxygens (including phenoxy) is 4. The third-order valence-electron chi connectivity index (χ3n) is 15.0. The molecule has 446 valence electrons. The first-order valence-electron chi connectivity index (χ1n) is 28.3. The summed E-state index contributed by atoms with van der Waals surface area (Å²) >= 11 is 1.45. The molecule has 0 saturated carbocycles. The quantitative estimate of drug-likeness (QED) is 0.0142. The van der Waals surface area contributed by atoms with E-state index in [0.717, 1.165) is 47.9 Å². The van der Waals surface area contributed by atoms with Crippen molar-refractivity contribution in [2.24, 2.45) is 5.92 Å². The first-order chi connectivity index (χ1) is 39.9. The summed E-state index contributed by atoms with van der Waals surface area (Å²) in [6.07, 6.45) is 12.1. The molecule has 5 N–H and O–H groups in total. The van der Waals surface area contributed by atoms with Crippen LogP contribution in [0, 0.1) is 5.92 Å². The third-order valence-corrected chi connectivity index (χ3v) is 15.6. The van der Waals surface area contributed by atoms with Crippen LogP contribution >= 0.6 is 11.8 Å². The highest BCUT2D eigenvalue weighted by Crippen LogP contribution is 2.43. The van der Waals surface area contributed by atoms with Crippen molar-refractivity contribution >= 4 is 58.2 Å². The molecule has 0 radical (unpaired) electrons. The number of hydrogen-bond donors (Lipinski definition) is 5. The highest BCUT2D eigenvalue weighted by Gasteiger charge is 2.46. The molecule has 8 rings (SSSR count). The van der Waals surface area contributed by atoms with Gasteiger partial charge >= 0.3 is 5.97 Å². The van der Waals surface area contributed by atoms with Crippen molar-refractivity contribution < 1.29 is 52.8 Å². The number of aryl methyl sites for hydroxylation is 1. The van der Waals surface area contributed by atoms with Crippen LogP contribution < -0.4 is 36.3 Å². The molecule has 5 amide bonds. The van der Waals surface area contributed by atoms with Gasteiger partial charge in [-0.25, -0.2) is 19.7 Å². The number of unbranched alkanes of at least 4 members (excludes halogenated alkanes) is 3. The SMILES string of the molecule is CCCN(CCc1c2c(nc3cc4c(cc13)OCO4)-c1cc3c(c(=O)n1C2)COC(=O)[C@]3(O)CC)C(=O)COCNC(=O)CNC(=O)[C@H](CCCCN(C)C)NC(=O)[C@@H](NC(=O)CCCCCn1cc(-c2cnc(SC)nc2)nn1)C(C)C. The Morgan fingerprint density at radius 2 is 1.66 bits per heavy atom. The van der Waals surface area contributed by atoms with E-state index in [1.54, 1.807) is 45.6 Å². The number of hydrogen-bond acceptors (Lipinski definition) is 19. The van der Waals surface area contributed by atoms with Gasteiger partial charge in [0.1, 0.15) is 37.7 Å². The van der Waals surface area contributed by atoms with Crippen LogP contribution in [0.5, 0.6) is 11.5 Å². The Hall–Kier alpha value is -7.55. The summed E-state index contributed by atoms with van der Waals surface area (Å²) in [5, 5.41) is 32.2. The number of aliphatic hydroxyl groups is 1. The molecule has 0 saturated heterocycles. The van der Waals surface area contributed by atoms with Gasteiger partial charge in [0.2, 0.25) is 36.3 Å². The van der Waals surface area contributed by atoms with Crippen molar-refractivity contribution in [1.82, 2.24) is 65.6 Å². The number of rotatable bonds is 30. The van der Waals surface area contributed by atoms with Gasteiger partial charge in [-0.15, -0.1) is 5.10 Å². The maximum Gasteiger partial charge on any atom is 0.343 e. The third kappa shape index (κ3) is 14.8. The van der Waals surface area contributed by atoms with Gasteiger partial charge in [0.05, 0.1) is 41.8 Å². The number of esters is 1. The van der Waals surface area contributed by atoms with E-state index in [1.165, 1.54) is 11.8 Å². The predicted octanol–water partition coefficient (Wildman–Crippen LogP) is 3.18. The Kier molecular flexibility index (Phi) is 20.9.